The first-order chi connectivity index (χ1) is 13.6. The Labute approximate surface area is 159 Å². The number of fused-ring (bicyclic) bond motifs is 1. The molecule has 2 aromatic heterocycles. The fraction of sp³-hybridized carbons (Fsp3) is 0.0455. The predicted octanol–water partition coefficient (Wildman–Crippen LogP) is 3.33. The average Bonchev–Trinajstić information content (AvgIpc) is 2.72. The number of carbonyl (C=O) groups excluding carboxylic acids is 1. The number of pyridine rings is 1. The lowest BCUT2D eigenvalue weighted by atomic mass is 10.0. The summed E-state index contributed by atoms with van der Waals surface area (Å²) in [5.74, 6) is -0.127. The molecule has 0 aliphatic heterocycles. The molecule has 6 heteroatoms. The van der Waals surface area contributed by atoms with Gasteiger partial charge in [-0.2, -0.15) is 0 Å². The lowest BCUT2D eigenvalue weighted by Gasteiger charge is -2.10. The third-order valence-corrected chi connectivity index (χ3v) is 4.36. The van der Waals surface area contributed by atoms with Crippen LogP contribution in [0.25, 0.3) is 22.3 Å². The number of benzene rings is 2. The second-order valence-corrected chi connectivity index (χ2v) is 6.24. The van der Waals surface area contributed by atoms with E-state index in [1.54, 1.807) is 30.3 Å². The first-order valence-electron chi connectivity index (χ1n) is 8.71. The number of para-hydroxylation sites is 1. The minimum absolute atomic E-state index is 0.124. The van der Waals surface area contributed by atoms with E-state index in [9.17, 15) is 14.4 Å². The highest BCUT2D eigenvalue weighted by Gasteiger charge is 2.19. The number of aromatic amines is 1. The molecule has 0 bridgehead atoms. The fourth-order valence-electron chi connectivity index (χ4n) is 3.04. The zero-order valence-electron chi connectivity index (χ0n) is 14.8. The molecule has 138 valence electrons. The number of rotatable bonds is 4. The number of carbonyl (C=O) groups is 1. The first-order valence-corrected chi connectivity index (χ1v) is 8.71. The Balaban J connectivity index is 1.80. The number of anilines is 1. The Morgan fingerprint density at radius 1 is 0.929 bits per heavy atom. The van der Waals surface area contributed by atoms with Crippen LogP contribution in [0.4, 0.5) is 5.69 Å². The van der Waals surface area contributed by atoms with Crippen LogP contribution in [0, 0.1) is 0 Å². The molecule has 4 aromatic rings. The molecule has 0 aliphatic carbocycles. The first kappa shape index (κ1) is 17.5. The summed E-state index contributed by atoms with van der Waals surface area (Å²) < 4.78 is 5.99. The van der Waals surface area contributed by atoms with Gasteiger partial charge in [0, 0.05) is 11.8 Å². The standard InChI is InChI=1S/C22H16N2O4/c25-19(24-17-10-6-12-23-22(17)27)13-16-20(26)15-9-4-5-11-18(15)28-21(16)14-7-2-1-3-8-14/h1-12H,13H2,(H,23,27)(H,24,25). The van der Waals surface area contributed by atoms with Gasteiger partial charge in [-0.25, -0.2) is 0 Å². The van der Waals surface area contributed by atoms with E-state index in [-0.39, 0.29) is 23.1 Å². The van der Waals surface area contributed by atoms with Gasteiger partial charge in [-0.05, 0) is 24.3 Å². The molecule has 1 amide bonds. The van der Waals surface area contributed by atoms with Crippen molar-refractivity contribution in [2.24, 2.45) is 0 Å². The maximum absolute atomic E-state index is 13.1. The van der Waals surface area contributed by atoms with Gasteiger partial charge < -0.3 is 14.7 Å². The molecule has 0 radical (unpaired) electrons. The largest absolute Gasteiger partial charge is 0.456 e. The summed E-state index contributed by atoms with van der Waals surface area (Å²) >= 11 is 0. The fourth-order valence-corrected chi connectivity index (χ4v) is 3.04. The van der Waals surface area contributed by atoms with E-state index in [0.29, 0.717) is 22.3 Å². The third-order valence-electron chi connectivity index (χ3n) is 4.36. The van der Waals surface area contributed by atoms with Crippen LogP contribution < -0.4 is 16.3 Å². The van der Waals surface area contributed by atoms with Crippen LogP contribution in [-0.2, 0) is 11.2 Å². The summed E-state index contributed by atoms with van der Waals surface area (Å²) in [7, 11) is 0. The minimum atomic E-state index is -0.475. The van der Waals surface area contributed by atoms with Crippen LogP contribution in [0.2, 0.25) is 0 Å². The maximum Gasteiger partial charge on any atom is 0.271 e. The molecule has 28 heavy (non-hydrogen) atoms. The van der Waals surface area contributed by atoms with E-state index in [2.05, 4.69) is 10.3 Å². The van der Waals surface area contributed by atoms with Crippen LogP contribution in [-0.4, -0.2) is 10.9 Å². The van der Waals surface area contributed by atoms with Gasteiger partial charge in [0.25, 0.3) is 5.56 Å². The third kappa shape index (κ3) is 3.35. The Morgan fingerprint density at radius 2 is 1.68 bits per heavy atom. The van der Waals surface area contributed by atoms with E-state index in [4.69, 9.17) is 4.42 Å². The van der Waals surface area contributed by atoms with Gasteiger partial charge in [0.15, 0.2) is 5.43 Å². The van der Waals surface area contributed by atoms with Crippen molar-refractivity contribution in [2.45, 2.75) is 6.42 Å². The zero-order valence-corrected chi connectivity index (χ0v) is 14.8. The summed E-state index contributed by atoms with van der Waals surface area (Å²) in [6.45, 7) is 0. The number of nitrogens with one attached hydrogen (secondary N) is 2. The SMILES string of the molecule is O=C(Cc1c(-c2ccccc2)oc2ccccc2c1=O)Nc1ccc[nH]c1=O. The van der Waals surface area contributed by atoms with Gasteiger partial charge in [-0.3, -0.25) is 14.4 Å². The van der Waals surface area contributed by atoms with Crippen molar-refractivity contribution in [3.05, 3.63) is 99.1 Å². The monoisotopic (exact) mass is 372 g/mol. The Kier molecular flexibility index (Phi) is 4.60. The summed E-state index contributed by atoms with van der Waals surface area (Å²) in [4.78, 5) is 39.9. The molecule has 0 spiro atoms. The van der Waals surface area contributed by atoms with Gasteiger partial charge in [0.1, 0.15) is 17.0 Å². The number of hydrogen-bond acceptors (Lipinski definition) is 4. The molecule has 2 aromatic carbocycles. The van der Waals surface area contributed by atoms with Crippen LogP contribution in [0.15, 0.2) is 86.9 Å². The predicted molar refractivity (Wildman–Crippen MR) is 107 cm³/mol. The molecule has 2 N–H and O–H groups in total. The summed E-state index contributed by atoms with van der Waals surface area (Å²) in [6.07, 6.45) is 1.26. The Morgan fingerprint density at radius 3 is 2.46 bits per heavy atom. The van der Waals surface area contributed by atoms with E-state index in [0.717, 1.165) is 0 Å². The van der Waals surface area contributed by atoms with E-state index < -0.39 is 11.5 Å². The molecule has 0 saturated carbocycles. The number of H-pyrrole nitrogens is 1. The second-order valence-electron chi connectivity index (χ2n) is 6.24. The van der Waals surface area contributed by atoms with Crippen LogP contribution in [0.1, 0.15) is 5.56 Å². The Hall–Kier alpha value is -3.93. The van der Waals surface area contributed by atoms with E-state index >= 15 is 0 Å². The smallest absolute Gasteiger partial charge is 0.271 e. The lowest BCUT2D eigenvalue weighted by molar-refractivity contribution is -0.115. The van der Waals surface area contributed by atoms with Crippen molar-refractivity contribution in [3.63, 3.8) is 0 Å². The zero-order chi connectivity index (χ0) is 19.5. The summed E-state index contributed by atoms with van der Waals surface area (Å²) in [5, 5.41) is 2.95. The highest BCUT2D eigenvalue weighted by Crippen LogP contribution is 2.26. The quantitative estimate of drug-likeness (QED) is 0.575. The average molecular weight is 372 g/mol. The number of amides is 1. The van der Waals surface area contributed by atoms with E-state index in [1.165, 1.54) is 12.3 Å². The minimum Gasteiger partial charge on any atom is -0.456 e. The second kappa shape index (κ2) is 7.36. The molecule has 0 fully saturated rings. The number of aromatic nitrogens is 1. The topological polar surface area (TPSA) is 92.2 Å². The van der Waals surface area contributed by atoms with Crippen molar-refractivity contribution in [1.82, 2.24) is 4.98 Å². The summed E-state index contributed by atoms with van der Waals surface area (Å²) in [5.41, 5.74) is 0.844. The Bertz CT molecular complexity index is 1270. The van der Waals surface area contributed by atoms with Crippen molar-refractivity contribution >= 4 is 22.6 Å². The van der Waals surface area contributed by atoms with E-state index in [1.807, 2.05) is 30.3 Å². The van der Waals surface area contributed by atoms with Crippen molar-refractivity contribution in [2.75, 3.05) is 5.32 Å². The van der Waals surface area contributed by atoms with Gasteiger partial charge >= 0.3 is 0 Å². The molecule has 0 unspecified atom stereocenters. The van der Waals surface area contributed by atoms with Crippen molar-refractivity contribution in [3.8, 4) is 11.3 Å². The normalized spacial score (nSPS) is 10.7. The molecule has 0 atom stereocenters. The number of hydrogen-bond donors (Lipinski definition) is 2. The van der Waals surface area contributed by atoms with Crippen molar-refractivity contribution in [1.29, 1.82) is 0 Å². The van der Waals surface area contributed by atoms with Crippen LogP contribution >= 0.6 is 0 Å². The molecule has 2 heterocycles. The van der Waals surface area contributed by atoms with Gasteiger partial charge in [-0.15, -0.1) is 0 Å². The summed E-state index contributed by atoms with van der Waals surface area (Å²) in [6, 6.07) is 19.2. The van der Waals surface area contributed by atoms with Gasteiger partial charge in [-0.1, -0.05) is 42.5 Å². The maximum atomic E-state index is 13.1. The molecular formula is C22H16N2O4. The van der Waals surface area contributed by atoms with Gasteiger partial charge in [0.2, 0.25) is 5.91 Å². The lowest BCUT2D eigenvalue weighted by Crippen LogP contribution is -2.24. The molecule has 0 saturated heterocycles. The molecule has 0 aliphatic rings. The molecular weight excluding hydrogens is 356 g/mol. The van der Waals surface area contributed by atoms with Gasteiger partial charge in [0.05, 0.1) is 17.4 Å². The van der Waals surface area contributed by atoms with Crippen molar-refractivity contribution < 1.29 is 9.21 Å². The highest BCUT2D eigenvalue weighted by molar-refractivity contribution is 5.94. The molecule has 6 nitrogen and oxygen atoms in total. The highest BCUT2D eigenvalue weighted by atomic mass is 16.3. The molecule has 4 rings (SSSR count). The van der Waals surface area contributed by atoms with Crippen LogP contribution in [0.3, 0.4) is 0 Å². The van der Waals surface area contributed by atoms with Crippen LogP contribution in [0.5, 0.6) is 0 Å².